The Balaban J connectivity index is 2.52. The van der Waals surface area contributed by atoms with Crippen LogP contribution in [0.2, 0.25) is 0 Å². The highest BCUT2D eigenvalue weighted by Gasteiger charge is 2.49. The van der Waals surface area contributed by atoms with Gasteiger partial charge in [-0.25, -0.2) is 0 Å². The molecule has 5 nitrogen and oxygen atoms in total. The van der Waals surface area contributed by atoms with E-state index in [1.54, 1.807) is 18.9 Å². The Morgan fingerprint density at radius 3 is 2.61 bits per heavy atom. The van der Waals surface area contributed by atoms with Crippen LogP contribution in [0.15, 0.2) is 18.2 Å². The Labute approximate surface area is 137 Å². The maximum atomic E-state index is 13.2. The largest absolute Gasteiger partial charge is 0.497 e. The molecule has 1 aromatic carbocycles. The van der Waals surface area contributed by atoms with Crippen LogP contribution in [0.5, 0.6) is 5.75 Å². The summed E-state index contributed by atoms with van der Waals surface area (Å²) >= 11 is 0. The third kappa shape index (κ3) is 2.92. The van der Waals surface area contributed by atoms with E-state index < -0.39 is 11.4 Å². The number of anilines is 1. The molecule has 2 rings (SSSR count). The average molecular weight is 319 g/mol. The normalized spacial score (nSPS) is 20.7. The molecule has 0 N–H and O–H groups in total. The number of hydrogen-bond donors (Lipinski definition) is 0. The standard InChI is InChI=1S/C18H25NO4/c1-5-18(17(21)23-7-3)11-10-13-8-9-14(22-4)12-15(13)19(6-2)16(18)20/h8-9,12H,5-7,10-11H2,1-4H3. The molecular weight excluding hydrogens is 294 g/mol. The fourth-order valence-electron chi connectivity index (χ4n) is 3.20. The first-order valence-electron chi connectivity index (χ1n) is 8.20. The van der Waals surface area contributed by atoms with Crippen LogP contribution in [-0.2, 0) is 20.7 Å². The number of aryl methyl sites for hydroxylation is 1. The second-order valence-corrected chi connectivity index (χ2v) is 5.70. The van der Waals surface area contributed by atoms with Gasteiger partial charge in [-0.15, -0.1) is 0 Å². The number of carbonyl (C=O) groups excluding carboxylic acids is 2. The lowest BCUT2D eigenvalue weighted by atomic mass is 9.79. The second kappa shape index (κ2) is 7.02. The summed E-state index contributed by atoms with van der Waals surface area (Å²) in [4.78, 5) is 27.4. The molecule has 1 atom stereocenters. The third-order valence-electron chi connectivity index (χ3n) is 4.64. The van der Waals surface area contributed by atoms with E-state index >= 15 is 0 Å². The highest BCUT2D eigenvalue weighted by Crippen LogP contribution is 2.40. The molecule has 1 unspecified atom stereocenters. The summed E-state index contributed by atoms with van der Waals surface area (Å²) in [5.74, 6) is 0.119. The van der Waals surface area contributed by atoms with Gasteiger partial charge >= 0.3 is 5.97 Å². The molecule has 1 amide bonds. The van der Waals surface area contributed by atoms with Crippen LogP contribution >= 0.6 is 0 Å². The van der Waals surface area contributed by atoms with Crippen molar-refractivity contribution in [1.82, 2.24) is 0 Å². The van der Waals surface area contributed by atoms with Crippen molar-refractivity contribution >= 4 is 17.6 Å². The summed E-state index contributed by atoms with van der Waals surface area (Å²) in [7, 11) is 1.60. The second-order valence-electron chi connectivity index (χ2n) is 5.70. The van der Waals surface area contributed by atoms with Crippen molar-refractivity contribution in [1.29, 1.82) is 0 Å². The fraction of sp³-hybridized carbons (Fsp3) is 0.556. The molecule has 0 aliphatic carbocycles. The lowest BCUT2D eigenvalue weighted by Gasteiger charge is -2.32. The van der Waals surface area contributed by atoms with Crippen LogP contribution in [0.4, 0.5) is 5.69 Å². The highest BCUT2D eigenvalue weighted by atomic mass is 16.5. The van der Waals surface area contributed by atoms with Crippen molar-refractivity contribution in [3.05, 3.63) is 23.8 Å². The maximum absolute atomic E-state index is 13.2. The van der Waals surface area contributed by atoms with E-state index in [0.29, 0.717) is 31.6 Å². The van der Waals surface area contributed by atoms with Crippen LogP contribution in [0.3, 0.4) is 0 Å². The number of carbonyl (C=O) groups is 2. The van der Waals surface area contributed by atoms with Gasteiger partial charge in [0.25, 0.3) is 0 Å². The van der Waals surface area contributed by atoms with Gasteiger partial charge in [-0.3, -0.25) is 9.59 Å². The molecule has 23 heavy (non-hydrogen) atoms. The van der Waals surface area contributed by atoms with Gasteiger partial charge in [0.05, 0.1) is 19.4 Å². The van der Waals surface area contributed by atoms with Crippen LogP contribution in [0, 0.1) is 5.41 Å². The van der Waals surface area contributed by atoms with Crippen molar-refractivity contribution in [2.75, 3.05) is 25.2 Å². The Kier molecular flexibility index (Phi) is 5.29. The molecule has 0 bridgehead atoms. The van der Waals surface area contributed by atoms with Crippen LogP contribution in [0.1, 0.15) is 39.2 Å². The molecule has 1 aliphatic heterocycles. The Morgan fingerprint density at radius 2 is 2.04 bits per heavy atom. The lowest BCUT2D eigenvalue weighted by molar-refractivity contribution is -0.160. The zero-order valence-corrected chi connectivity index (χ0v) is 14.3. The van der Waals surface area contributed by atoms with Gasteiger partial charge in [-0.2, -0.15) is 0 Å². The average Bonchev–Trinajstić information content (AvgIpc) is 2.69. The quantitative estimate of drug-likeness (QED) is 0.618. The van der Waals surface area contributed by atoms with Gasteiger partial charge < -0.3 is 14.4 Å². The summed E-state index contributed by atoms with van der Waals surface area (Å²) in [5.41, 5.74) is 0.787. The number of nitrogens with zero attached hydrogens (tertiary/aromatic N) is 1. The third-order valence-corrected chi connectivity index (χ3v) is 4.64. The van der Waals surface area contributed by atoms with Gasteiger partial charge in [-0.05, 0) is 44.7 Å². The number of ether oxygens (including phenoxy) is 2. The molecule has 1 heterocycles. The highest BCUT2D eigenvalue weighted by molar-refractivity contribution is 6.11. The minimum atomic E-state index is -1.10. The summed E-state index contributed by atoms with van der Waals surface area (Å²) < 4.78 is 10.5. The monoisotopic (exact) mass is 319 g/mol. The van der Waals surface area contributed by atoms with E-state index in [0.717, 1.165) is 11.3 Å². The molecule has 1 aromatic rings. The summed E-state index contributed by atoms with van der Waals surface area (Å²) in [6.07, 6.45) is 1.57. The minimum absolute atomic E-state index is 0.173. The maximum Gasteiger partial charge on any atom is 0.321 e. The first-order chi connectivity index (χ1) is 11.0. The first kappa shape index (κ1) is 17.3. The lowest BCUT2D eigenvalue weighted by Crippen LogP contribution is -2.48. The molecule has 0 radical (unpaired) electrons. The molecule has 1 aliphatic rings. The first-order valence-corrected chi connectivity index (χ1v) is 8.20. The summed E-state index contributed by atoms with van der Waals surface area (Å²) in [6, 6.07) is 5.73. The van der Waals surface area contributed by atoms with Crippen molar-refractivity contribution in [3.63, 3.8) is 0 Å². The predicted molar refractivity (Wildman–Crippen MR) is 88.7 cm³/mol. The number of fused-ring (bicyclic) bond motifs is 1. The van der Waals surface area contributed by atoms with E-state index in [9.17, 15) is 9.59 Å². The number of rotatable bonds is 5. The molecule has 5 heteroatoms. The van der Waals surface area contributed by atoms with Crippen molar-refractivity contribution in [3.8, 4) is 5.75 Å². The van der Waals surface area contributed by atoms with E-state index in [1.165, 1.54) is 0 Å². The van der Waals surface area contributed by atoms with Gasteiger partial charge in [0.15, 0.2) is 0 Å². The molecule has 0 saturated heterocycles. The van der Waals surface area contributed by atoms with Crippen LogP contribution in [-0.4, -0.2) is 32.1 Å². The van der Waals surface area contributed by atoms with E-state index in [1.807, 2.05) is 32.0 Å². The van der Waals surface area contributed by atoms with Gasteiger partial charge in [0, 0.05) is 12.6 Å². The molecular formula is C18H25NO4. The van der Waals surface area contributed by atoms with Crippen molar-refractivity contribution < 1.29 is 19.1 Å². The van der Waals surface area contributed by atoms with E-state index in [4.69, 9.17) is 9.47 Å². The van der Waals surface area contributed by atoms with Gasteiger partial charge in [-0.1, -0.05) is 13.0 Å². The molecule has 0 saturated carbocycles. The zero-order valence-electron chi connectivity index (χ0n) is 14.3. The van der Waals surface area contributed by atoms with E-state index in [2.05, 4.69) is 0 Å². The van der Waals surface area contributed by atoms with Gasteiger partial charge in [0.1, 0.15) is 11.2 Å². The van der Waals surface area contributed by atoms with E-state index in [-0.39, 0.29) is 12.5 Å². The number of benzene rings is 1. The fourth-order valence-corrected chi connectivity index (χ4v) is 3.20. The topological polar surface area (TPSA) is 55.8 Å². The van der Waals surface area contributed by atoms with Crippen molar-refractivity contribution in [2.45, 2.75) is 40.0 Å². The Hall–Kier alpha value is -2.04. The summed E-state index contributed by atoms with van der Waals surface area (Å²) in [5, 5.41) is 0. The number of amides is 1. The minimum Gasteiger partial charge on any atom is -0.497 e. The van der Waals surface area contributed by atoms with Crippen LogP contribution in [0.25, 0.3) is 0 Å². The SMILES string of the molecule is CCOC(=O)C1(CC)CCc2ccc(OC)cc2N(CC)C1=O. The predicted octanol–water partition coefficient (Wildman–Crippen LogP) is 2.95. The van der Waals surface area contributed by atoms with Gasteiger partial charge in [0.2, 0.25) is 5.91 Å². The molecule has 126 valence electrons. The Bertz CT molecular complexity index is 599. The Morgan fingerprint density at radius 1 is 1.30 bits per heavy atom. The zero-order chi connectivity index (χ0) is 17.0. The molecule has 0 spiro atoms. The summed E-state index contributed by atoms with van der Waals surface area (Å²) in [6.45, 7) is 6.33. The number of methoxy groups -OCH3 is 1. The smallest absolute Gasteiger partial charge is 0.321 e. The number of esters is 1. The molecule has 0 aromatic heterocycles. The molecule has 0 fully saturated rings. The van der Waals surface area contributed by atoms with Crippen LogP contribution < -0.4 is 9.64 Å². The number of hydrogen-bond acceptors (Lipinski definition) is 4. The van der Waals surface area contributed by atoms with Crippen molar-refractivity contribution in [2.24, 2.45) is 5.41 Å².